The van der Waals surface area contributed by atoms with Gasteiger partial charge in [-0.2, -0.15) is 0 Å². The van der Waals surface area contributed by atoms with Gasteiger partial charge in [-0.25, -0.2) is 4.79 Å². The van der Waals surface area contributed by atoms with Crippen LogP contribution in [0.2, 0.25) is 0 Å². The Bertz CT molecular complexity index is 320. The number of hydrogen-bond donors (Lipinski definition) is 1. The Kier molecular flexibility index (Phi) is 10.7. The number of carbonyl (C=O) groups excluding carboxylic acids is 2. The highest BCUT2D eigenvalue weighted by molar-refractivity contribution is 5.76. The largest absolute Gasteiger partial charge is 0.444 e. The lowest BCUT2D eigenvalue weighted by Gasteiger charge is -2.19. The van der Waals surface area contributed by atoms with E-state index in [0.29, 0.717) is 13.0 Å². The van der Waals surface area contributed by atoms with Gasteiger partial charge in [0.2, 0.25) is 5.91 Å². The molecule has 0 radical (unpaired) electrons. The smallest absolute Gasteiger partial charge is 0.407 e. The second-order valence-corrected chi connectivity index (χ2v) is 6.51. The Labute approximate surface area is 135 Å². The third kappa shape index (κ3) is 11.4. The zero-order valence-electron chi connectivity index (χ0n) is 15.0. The number of rotatable bonds is 10. The molecule has 0 saturated heterocycles. The lowest BCUT2D eigenvalue weighted by atomic mass is 10.1. The van der Waals surface area contributed by atoms with E-state index >= 15 is 0 Å². The summed E-state index contributed by atoms with van der Waals surface area (Å²) in [6, 6.07) is 0. The molecule has 1 N–H and O–H groups in total. The van der Waals surface area contributed by atoms with Gasteiger partial charge >= 0.3 is 6.09 Å². The first-order valence-electron chi connectivity index (χ1n) is 8.54. The molecule has 0 saturated carbocycles. The third-order valence-corrected chi connectivity index (χ3v) is 3.35. The molecular formula is C17H34N2O3. The fourth-order valence-corrected chi connectivity index (χ4v) is 2.17. The third-order valence-electron chi connectivity index (χ3n) is 3.35. The molecule has 0 fully saturated rings. The van der Waals surface area contributed by atoms with Gasteiger partial charge in [0.1, 0.15) is 5.60 Å². The van der Waals surface area contributed by atoms with Gasteiger partial charge in [0.05, 0.1) is 0 Å². The van der Waals surface area contributed by atoms with Crippen molar-refractivity contribution in [1.29, 1.82) is 0 Å². The average molecular weight is 314 g/mol. The molecule has 22 heavy (non-hydrogen) atoms. The first-order valence-corrected chi connectivity index (χ1v) is 8.54. The summed E-state index contributed by atoms with van der Waals surface area (Å²) < 4.78 is 5.16. The molecule has 0 spiro atoms. The Morgan fingerprint density at radius 3 is 2.05 bits per heavy atom. The van der Waals surface area contributed by atoms with Crippen LogP contribution in [0.4, 0.5) is 4.79 Å². The van der Waals surface area contributed by atoms with Crippen molar-refractivity contribution in [3.8, 4) is 0 Å². The number of nitrogens with zero attached hydrogens (tertiary/aromatic N) is 1. The number of unbranched alkanes of at least 4 members (excludes halogenated alkanes) is 4. The lowest BCUT2D eigenvalue weighted by molar-refractivity contribution is -0.130. The SMILES string of the molecule is CCN(CC)C(=O)CCCCCCCNC(=O)OC(C)(C)C. The van der Waals surface area contributed by atoms with Crippen molar-refractivity contribution in [3.05, 3.63) is 0 Å². The molecule has 0 rings (SSSR count). The van der Waals surface area contributed by atoms with Crippen LogP contribution in [0.15, 0.2) is 0 Å². The normalized spacial score (nSPS) is 11.1. The maximum Gasteiger partial charge on any atom is 0.407 e. The number of carbonyl (C=O) groups is 2. The highest BCUT2D eigenvalue weighted by Crippen LogP contribution is 2.08. The molecule has 0 aliphatic heterocycles. The molecule has 2 amide bonds. The molecule has 130 valence electrons. The maximum absolute atomic E-state index is 11.8. The summed E-state index contributed by atoms with van der Waals surface area (Å²) in [5.74, 6) is 0.261. The average Bonchev–Trinajstić information content (AvgIpc) is 2.41. The van der Waals surface area contributed by atoms with Crippen LogP contribution in [0.5, 0.6) is 0 Å². The van der Waals surface area contributed by atoms with Crippen molar-refractivity contribution in [1.82, 2.24) is 10.2 Å². The summed E-state index contributed by atoms with van der Waals surface area (Å²) in [4.78, 5) is 25.1. The van der Waals surface area contributed by atoms with Crippen LogP contribution in [0, 0.1) is 0 Å². The molecule has 0 aromatic heterocycles. The van der Waals surface area contributed by atoms with E-state index < -0.39 is 5.60 Å². The van der Waals surface area contributed by atoms with Crippen LogP contribution in [0.3, 0.4) is 0 Å². The molecule has 0 atom stereocenters. The zero-order chi connectivity index (χ0) is 17.0. The van der Waals surface area contributed by atoms with Crippen LogP contribution in [0.1, 0.15) is 73.1 Å². The van der Waals surface area contributed by atoms with E-state index in [1.165, 1.54) is 0 Å². The maximum atomic E-state index is 11.8. The Morgan fingerprint density at radius 1 is 0.955 bits per heavy atom. The van der Waals surface area contributed by atoms with Gasteiger partial charge in [0, 0.05) is 26.1 Å². The van der Waals surface area contributed by atoms with Gasteiger partial charge in [-0.3, -0.25) is 4.79 Å². The molecular weight excluding hydrogens is 280 g/mol. The van der Waals surface area contributed by atoms with Gasteiger partial charge in [-0.05, 0) is 47.5 Å². The molecule has 0 aliphatic carbocycles. The minimum absolute atomic E-state index is 0.261. The number of amides is 2. The summed E-state index contributed by atoms with van der Waals surface area (Å²) in [5, 5.41) is 2.76. The first-order chi connectivity index (χ1) is 10.3. The predicted molar refractivity (Wildman–Crippen MR) is 89.9 cm³/mol. The second kappa shape index (κ2) is 11.3. The number of hydrogen-bond acceptors (Lipinski definition) is 3. The minimum atomic E-state index is -0.443. The van der Waals surface area contributed by atoms with Crippen molar-refractivity contribution in [2.24, 2.45) is 0 Å². The molecule has 5 nitrogen and oxygen atoms in total. The molecule has 5 heteroatoms. The van der Waals surface area contributed by atoms with E-state index in [1.807, 2.05) is 39.5 Å². The Hall–Kier alpha value is -1.26. The van der Waals surface area contributed by atoms with Crippen molar-refractivity contribution in [2.45, 2.75) is 78.7 Å². The van der Waals surface area contributed by atoms with Gasteiger partial charge in [0.15, 0.2) is 0 Å². The lowest BCUT2D eigenvalue weighted by Crippen LogP contribution is -2.32. The topological polar surface area (TPSA) is 58.6 Å². The van der Waals surface area contributed by atoms with Crippen molar-refractivity contribution >= 4 is 12.0 Å². The van der Waals surface area contributed by atoms with Crippen molar-refractivity contribution in [3.63, 3.8) is 0 Å². The van der Waals surface area contributed by atoms with E-state index in [4.69, 9.17) is 4.74 Å². The standard InChI is InChI=1S/C17H34N2O3/c1-6-19(7-2)15(20)13-11-9-8-10-12-14-18-16(21)22-17(3,4)5/h6-14H2,1-5H3,(H,18,21). The van der Waals surface area contributed by atoms with Crippen molar-refractivity contribution in [2.75, 3.05) is 19.6 Å². The molecule has 0 bridgehead atoms. The van der Waals surface area contributed by atoms with Crippen molar-refractivity contribution < 1.29 is 14.3 Å². The Balaban J connectivity index is 3.48. The summed E-state index contributed by atoms with van der Waals surface area (Å²) in [7, 11) is 0. The van der Waals surface area contributed by atoms with Crippen LogP contribution < -0.4 is 5.32 Å². The molecule has 0 aliphatic rings. The van der Waals surface area contributed by atoms with E-state index in [-0.39, 0.29) is 12.0 Å². The summed E-state index contributed by atoms with van der Waals surface area (Å²) in [6.07, 6.45) is 5.43. The predicted octanol–water partition coefficient (Wildman–Crippen LogP) is 3.72. The highest BCUT2D eigenvalue weighted by Gasteiger charge is 2.15. The van der Waals surface area contributed by atoms with E-state index in [9.17, 15) is 9.59 Å². The highest BCUT2D eigenvalue weighted by atomic mass is 16.6. The summed E-state index contributed by atoms with van der Waals surface area (Å²) in [6.45, 7) is 11.8. The fraction of sp³-hybridized carbons (Fsp3) is 0.882. The first kappa shape index (κ1) is 20.7. The van der Waals surface area contributed by atoms with Crippen LogP contribution in [0.25, 0.3) is 0 Å². The van der Waals surface area contributed by atoms with E-state index in [2.05, 4.69) is 5.32 Å². The number of ether oxygens (including phenoxy) is 1. The zero-order valence-corrected chi connectivity index (χ0v) is 15.0. The number of nitrogens with one attached hydrogen (secondary N) is 1. The van der Waals surface area contributed by atoms with Gasteiger partial charge in [-0.15, -0.1) is 0 Å². The molecule has 0 aromatic carbocycles. The minimum Gasteiger partial charge on any atom is -0.444 e. The molecule has 0 aromatic rings. The van der Waals surface area contributed by atoms with Crippen LogP contribution in [-0.2, 0) is 9.53 Å². The summed E-state index contributed by atoms with van der Waals surface area (Å²) in [5.41, 5.74) is -0.443. The fourth-order valence-electron chi connectivity index (χ4n) is 2.17. The van der Waals surface area contributed by atoms with Gasteiger partial charge < -0.3 is 15.0 Å². The van der Waals surface area contributed by atoms with E-state index in [0.717, 1.165) is 45.2 Å². The van der Waals surface area contributed by atoms with E-state index in [1.54, 1.807) is 0 Å². The van der Waals surface area contributed by atoms with Gasteiger partial charge in [-0.1, -0.05) is 19.3 Å². The van der Waals surface area contributed by atoms with Crippen LogP contribution >= 0.6 is 0 Å². The molecule has 0 unspecified atom stereocenters. The van der Waals surface area contributed by atoms with Gasteiger partial charge in [0.25, 0.3) is 0 Å². The monoisotopic (exact) mass is 314 g/mol. The Morgan fingerprint density at radius 2 is 1.50 bits per heavy atom. The quantitative estimate of drug-likeness (QED) is 0.625. The second-order valence-electron chi connectivity index (χ2n) is 6.51. The summed E-state index contributed by atoms with van der Waals surface area (Å²) >= 11 is 0. The molecule has 0 heterocycles. The van der Waals surface area contributed by atoms with Crippen LogP contribution in [-0.4, -0.2) is 42.1 Å². The number of alkyl carbamates (subject to hydrolysis) is 1.